The average Bonchev–Trinajstić information content (AvgIpc) is 3.00. The molecular formula is C19H22Zr. The molecule has 0 unspecified atom stereocenters. The number of fused-ring (bicyclic) bond motifs is 1. The van der Waals surface area contributed by atoms with Gasteiger partial charge >= 0.3 is 41.3 Å². The molecule has 0 nitrogen and oxygen atoms in total. The van der Waals surface area contributed by atoms with Gasteiger partial charge in [-0.25, -0.2) is 12.2 Å². The van der Waals surface area contributed by atoms with E-state index in [1.54, 1.807) is 24.2 Å². The topological polar surface area (TPSA) is 0 Å². The number of aryl methyl sites for hydroxylation is 1. The van der Waals surface area contributed by atoms with Crippen molar-refractivity contribution in [3.63, 3.8) is 0 Å². The maximum Gasteiger partial charge on any atom is -0.0809 e. The molecule has 1 aliphatic carbocycles. The fourth-order valence-electron chi connectivity index (χ4n) is 1.79. The summed E-state index contributed by atoms with van der Waals surface area (Å²) in [5, 5.41) is 2.72. The van der Waals surface area contributed by atoms with Crippen LogP contribution in [0, 0.1) is 13.0 Å². The van der Waals surface area contributed by atoms with Gasteiger partial charge in [0, 0.05) is 0 Å². The van der Waals surface area contributed by atoms with E-state index < -0.39 is 0 Å². The van der Waals surface area contributed by atoms with Gasteiger partial charge in [0.15, 0.2) is 0 Å². The van der Waals surface area contributed by atoms with E-state index >= 15 is 0 Å². The van der Waals surface area contributed by atoms with E-state index in [0.29, 0.717) is 0 Å². The van der Waals surface area contributed by atoms with Crippen molar-refractivity contribution in [1.29, 1.82) is 0 Å². The zero-order chi connectivity index (χ0) is 15.0. The van der Waals surface area contributed by atoms with Crippen molar-refractivity contribution in [2.45, 2.75) is 34.1 Å². The molecule has 2 aromatic rings. The Morgan fingerprint density at radius 1 is 1.20 bits per heavy atom. The van der Waals surface area contributed by atoms with E-state index in [9.17, 15) is 0 Å². The summed E-state index contributed by atoms with van der Waals surface area (Å²) >= 11 is 1.55. The molecule has 0 aromatic heterocycles. The fraction of sp³-hybridized carbons (Fsp3) is 0.263. The van der Waals surface area contributed by atoms with Gasteiger partial charge in [-0.1, -0.05) is 19.9 Å². The van der Waals surface area contributed by atoms with Crippen molar-refractivity contribution in [3.05, 3.63) is 65.8 Å². The Morgan fingerprint density at radius 3 is 2.30 bits per heavy atom. The van der Waals surface area contributed by atoms with Crippen LogP contribution in [-0.2, 0) is 24.2 Å². The third-order valence-electron chi connectivity index (χ3n) is 2.77. The zero-order valence-corrected chi connectivity index (χ0v) is 15.3. The zero-order valence-electron chi connectivity index (χ0n) is 12.8. The third-order valence-corrected chi connectivity index (χ3v) is 2.77. The van der Waals surface area contributed by atoms with Gasteiger partial charge in [-0.05, 0) is 0 Å². The Morgan fingerprint density at radius 2 is 1.85 bits per heavy atom. The standard InChI is InChI=1S/C10H9.C6H7.C3H6.Zr/c1-8-6-7-9-4-2-3-5-10(8)9;1-6-4-2-3-5-6;1-3-2;/h2-7H,1H3;2,4H,5H2,1H3;1-2H3;/q2*-1;;+2. The molecule has 0 radical (unpaired) electrons. The monoisotopic (exact) mass is 340 g/mol. The summed E-state index contributed by atoms with van der Waals surface area (Å²) in [5.41, 5.74) is 2.78. The van der Waals surface area contributed by atoms with Crippen LogP contribution in [0.3, 0.4) is 0 Å². The first-order valence-corrected chi connectivity index (χ1v) is 8.08. The van der Waals surface area contributed by atoms with Crippen LogP contribution in [0.5, 0.6) is 0 Å². The number of hydrogen-bond acceptors (Lipinski definition) is 0. The molecule has 0 amide bonds. The first-order chi connectivity index (χ1) is 9.50. The van der Waals surface area contributed by atoms with Gasteiger partial charge in [0.2, 0.25) is 0 Å². The van der Waals surface area contributed by atoms with Gasteiger partial charge < -0.3 is 0 Å². The first-order valence-electron chi connectivity index (χ1n) is 6.86. The maximum atomic E-state index is 3.05. The van der Waals surface area contributed by atoms with Crippen LogP contribution in [0.15, 0.2) is 54.1 Å². The largest absolute Gasteiger partial charge is 0.156 e. The second-order valence-electron chi connectivity index (χ2n) is 5.16. The molecule has 0 spiro atoms. The summed E-state index contributed by atoms with van der Waals surface area (Å²) < 4.78 is 1.51. The number of hydrogen-bond donors (Lipinski definition) is 0. The molecule has 102 valence electrons. The van der Waals surface area contributed by atoms with E-state index in [4.69, 9.17) is 0 Å². The average molecular weight is 342 g/mol. The SMILES string of the molecule is CC1=CC=[C-]C1.C[C](C)=[Zr+2].Cc1c[cH-]c2ccccc12. The Kier molecular flexibility index (Phi) is 7.77. The van der Waals surface area contributed by atoms with Crippen LogP contribution in [0.2, 0.25) is 0 Å². The predicted molar refractivity (Wildman–Crippen MR) is 86.8 cm³/mol. The minimum absolute atomic E-state index is 1.04. The molecule has 0 aliphatic heterocycles. The number of benzene rings is 1. The van der Waals surface area contributed by atoms with E-state index in [1.807, 2.05) is 6.08 Å². The fourth-order valence-corrected chi connectivity index (χ4v) is 1.79. The summed E-state index contributed by atoms with van der Waals surface area (Å²) in [5.74, 6) is 0. The van der Waals surface area contributed by atoms with Crippen LogP contribution in [0.1, 0.15) is 32.8 Å². The van der Waals surface area contributed by atoms with Crippen LogP contribution < -0.4 is 0 Å². The van der Waals surface area contributed by atoms with Crippen molar-refractivity contribution in [2.75, 3.05) is 0 Å². The van der Waals surface area contributed by atoms with Gasteiger partial charge in [-0.3, -0.25) is 6.08 Å². The molecule has 0 fully saturated rings. The summed E-state index contributed by atoms with van der Waals surface area (Å²) in [4.78, 5) is 0. The molecule has 0 saturated carbocycles. The minimum Gasteiger partial charge on any atom is -0.156 e. The molecule has 0 heterocycles. The molecule has 2 aromatic carbocycles. The second kappa shape index (κ2) is 9.08. The summed E-state index contributed by atoms with van der Waals surface area (Å²) in [6, 6.07) is 12.8. The first kappa shape index (κ1) is 17.1. The summed E-state index contributed by atoms with van der Waals surface area (Å²) in [6.45, 7) is 8.50. The van der Waals surface area contributed by atoms with Crippen molar-refractivity contribution in [1.82, 2.24) is 0 Å². The Bertz CT molecular complexity index is 607. The second-order valence-corrected chi connectivity index (χ2v) is 7.62. The molecular weight excluding hydrogens is 319 g/mol. The molecule has 3 rings (SSSR count). The normalized spacial score (nSPS) is 12.2. The third kappa shape index (κ3) is 6.48. The van der Waals surface area contributed by atoms with Crippen LogP contribution >= 0.6 is 0 Å². The van der Waals surface area contributed by atoms with Gasteiger partial charge in [0.05, 0.1) is 0 Å². The van der Waals surface area contributed by atoms with Crippen LogP contribution in [0.4, 0.5) is 0 Å². The van der Waals surface area contributed by atoms with Crippen molar-refractivity contribution in [3.8, 4) is 0 Å². The molecule has 20 heavy (non-hydrogen) atoms. The molecule has 0 atom stereocenters. The quantitative estimate of drug-likeness (QED) is 0.570. The molecule has 1 aliphatic rings. The van der Waals surface area contributed by atoms with E-state index in [0.717, 1.165) is 6.42 Å². The van der Waals surface area contributed by atoms with Crippen molar-refractivity contribution >= 4 is 14.0 Å². The number of rotatable bonds is 0. The van der Waals surface area contributed by atoms with Gasteiger partial charge in [-0.15, -0.1) is 41.5 Å². The smallest absolute Gasteiger partial charge is 0.0809 e. The van der Waals surface area contributed by atoms with E-state index in [2.05, 4.69) is 76.2 Å². The van der Waals surface area contributed by atoms with Gasteiger partial charge in [0.1, 0.15) is 0 Å². The Balaban J connectivity index is 0.000000172. The van der Waals surface area contributed by atoms with Crippen molar-refractivity contribution in [2.24, 2.45) is 0 Å². The predicted octanol–water partition coefficient (Wildman–Crippen LogP) is 5.31. The molecule has 0 saturated heterocycles. The molecule has 0 bridgehead atoms. The minimum atomic E-state index is 1.04. The molecule has 1 heteroatoms. The van der Waals surface area contributed by atoms with Gasteiger partial charge in [-0.2, -0.15) is 17.2 Å². The summed E-state index contributed by atoms with van der Waals surface area (Å²) in [7, 11) is 0. The van der Waals surface area contributed by atoms with E-state index in [-0.39, 0.29) is 0 Å². The maximum absolute atomic E-state index is 3.05. The van der Waals surface area contributed by atoms with E-state index in [1.165, 1.54) is 25.1 Å². The summed E-state index contributed by atoms with van der Waals surface area (Å²) in [6.07, 6.45) is 8.15. The van der Waals surface area contributed by atoms with Crippen LogP contribution in [-0.4, -0.2) is 3.21 Å². The van der Waals surface area contributed by atoms with Crippen LogP contribution in [0.25, 0.3) is 10.8 Å². The number of allylic oxidation sites excluding steroid dienone is 4. The van der Waals surface area contributed by atoms with Crippen molar-refractivity contribution < 1.29 is 24.2 Å². The Hall–Kier alpha value is -0.937. The molecule has 0 N–H and O–H groups in total. The van der Waals surface area contributed by atoms with Gasteiger partial charge in [0.25, 0.3) is 0 Å². The Labute approximate surface area is 137 Å².